The number of amides is 1. The van der Waals surface area contributed by atoms with Crippen LogP contribution in [0.25, 0.3) is 0 Å². The van der Waals surface area contributed by atoms with Crippen molar-refractivity contribution in [1.29, 1.82) is 0 Å². The van der Waals surface area contributed by atoms with Gasteiger partial charge < -0.3 is 14.7 Å². The number of hydrogen-bond acceptors (Lipinski definition) is 3. The van der Waals surface area contributed by atoms with Crippen LogP contribution in [0, 0.1) is 0 Å². The number of hydrogen-bond donors (Lipinski definition) is 1. The highest BCUT2D eigenvalue weighted by atomic mass is 19.4. The predicted molar refractivity (Wildman–Crippen MR) is 78.4 cm³/mol. The maximum Gasteiger partial charge on any atom is 0.573 e. The van der Waals surface area contributed by atoms with Crippen LogP contribution in [0.15, 0.2) is 24.3 Å². The highest BCUT2D eigenvalue weighted by Crippen LogP contribution is 2.28. The number of alkyl halides is 3. The van der Waals surface area contributed by atoms with Gasteiger partial charge in [0.25, 0.3) is 0 Å². The molecule has 1 aliphatic rings. The Labute approximate surface area is 137 Å². The van der Waals surface area contributed by atoms with E-state index >= 15 is 0 Å². The Morgan fingerprint density at radius 1 is 1.29 bits per heavy atom. The third-order valence-electron chi connectivity index (χ3n) is 3.91. The molecule has 8 heteroatoms. The summed E-state index contributed by atoms with van der Waals surface area (Å²) < 4.78 is 41.1. The van der Waals surface area contributed by atoms with Crippen LogP contribution in [-0.2, 0) is 16.0 Å². The molecule has 1 aliphatic heterocycles. The molecule has 1 heterocycles. The molecule has 0 bridgehead atoms. The number of para-hydroxylation sites is 1. The van der Waals surface area contributed by atoms with Crippen LogP contribution in [0.1, 0.15) is 31.2 Å². The normalized spacial score (nSPS) is 17.8. The largest absolute Gasteiger partial charge is 0.573 e. The van der Waals surface area contributed by atoms with Crippen LogP contribution in [0.5, 0.6) is 5.75 Å². The van der Waals surface area contributed by atoms with Gasteiger partial charge in [-0.25, -0.2) is 0 Å². The molecule has 1 amide bonds. The molecule has 132 valence electrons. The van der Waals surface area contributed by atoms with Crippen LogP contribution < -0.4 is 4.74 Å². The number of nitrogens with zero attached hydrogens (tertiary/aromatic N) is 1. The minimum atomic E-state index is -4.79. The minimum absolute atomic E-state index is 0.00828. The van der Waals surface area contributed by atoms with Crippen molar-refractivity contribution < 1.29 is 32.6 Å². The molecule has 0 saturated carbocycles. The van der Waals surface area contributed by atoms with Gasteiger partial charge in [0.15, 0.2) is 0 Å². The number of likely N-dealkylation sites (tertiary alicyclic amines) is 1. The van der Waals surface area contributed by atoms with Gasteiger partial charge in [0.1, 0.15) is 5.75 Å². The number of carbonyl (C=O) groups excluding carboxylic acids is 1. The van der Waals surface area contributed by atoms with Crippen LogP contribution in [-0.4, -0.2) is 40.8 Å². The Morgan fingerprint density at radius 2 is 2.00 bits per heavy atom. The first kappa shape index (κ1) is 18.1. The van der Waals surface area contributed by atoms with E-state index in [9.17, 15) is 22.8 Å². The summed E-state index contributed by atoms with van der Waals surface area (Å²) in [6.07, 6.45) is -3.43. The third-order valence-corrected chi connectivity index (χ3v) is 3.91. The number of carbonyl (C=O) groups is 2. The molecular formula is C16H18F3NO4. The van der Waals surface area contributed by atoms with Gasteiger partial charge in [-0.1, -0.05) is 18.2 Å². The fraction of sp³-hybridized carbons (Fsp3) is 0.500. The summed E-state index contributed by atoms with van der Waals surface area (Å²) in [6, 6.07) is 5.35. The SMILES string of the molecule is O=C(O)CC1CCCN1C(=O)CCc1ccccc1OC(F)(F)F. The molecule has 1 fully saturated rings. The van der Waals surface area contributed by atoms with Crippen LogP contribution >= 0.6 is 0 Å². The number of benzene rings is 1. The summed E-state index contributed by atoms with van der Waals surface area (Å²) in [6.45, 7) is 0.484. The molecule has 0 radical (unpaired) electrons. The molecule has 0 aromatic heterocycles. The second kappa shape index (κ2) is 7.55. The number of aryl methyl sites for hydroxylation is 1. The summed E-state index contributed by atoms with van der Waals surface area (Å²) in [4.78, 5) is 24.6. The van der Waals surface area contributed by atoms with Crippen LogP contribution in [0.4, 0.5) is 13.2 Å². The first-order valence-electron chi connectivity index (χ1n) is 7.61. The van der Waals surface area contributed by atoms with Crippen molar-refractivity contribution in [3.63, 3.8) is 0 Å². The van der Waals surface area contributed by atoms with Gasteiger partial charge in [-0.2, -0.15) is 0 Å². The quantitative estimate of drug-likeness (QED) is 0.861. The average Bonchev–Trinajstić information content (AvgIpc) is 2.92. The molecule has 1 saturated heterocycles. The average molecular weight is 345 g/mol. The van der Waals surface area contributed by atoms with Gasteiger partial charge in [0, 0.05) is 19.0 Å². The van der Waals surface area contributed by atoms with Crippen molar-refractivity contribution in [1.82, 2.24) is 4.90 Å². The van der Waals surface area contributed by atoms with Gasteiger partial charge in [-0.05, 0) is 30.9 Å². The van der Waals surface area contributed by atoms with E-state index < -0.39 is 12.3 Å². The van der Waals surface area contributed by atoms with Crippen molar-refractivity contribution in [2.45, 2.75) is 44.5 Å². The van der Waals surface area contributed by atoms with E-state index in [2.05, 4.69) is 4.74 Å². The molecule has 0 aliphatic carbocycles. The standard InChI is InChI=1S/C16H18F3NO4/c17-16(18,19)24-13-6-2-1-4-11(13)7-8-14(21)20-9-3-5-12(20)10-15(22)23/h1-2,4,6,12H,3,5,7-10H2,(H,22,23). The smallest absolute Gasteiger partial charge is 0.481 e. The molecule has 5 nitrogen and oxygen atoms in total. The lowest BCUT2D eigenvalue weighted by Crippen LogP contribution is -2.37. The van der Waals surface area contributed by atoms with E-state index in [1.54, 1.807) is 6.07 Å². The second-order valence-electron chi connectivity index (χ2n) is 5.64. The van der Waals surface area contributed by atoms with Gasteiger partial charge in [-0.15, -0.1) is 13.2 Å². The van der Waals surface area contributed by atoms with E-state index in [4.69, 9.17) is 5.11 Å². The molecule has 24 heavy (non-hydrogen) atoms. The fourth-order valence-corrected chi connectivity index (χ4v) is 2.90. The minimum Gasteiger partial charge on any atom is -0.481 e. The zero-order chi connectivity index (χ0) is 17.7. The van der Waals surface area contributed by atoms with Crippen molar-refractivity contribution in [2.24, 2.45) is 0 Å². The van der Waals surface area contributed by atoms with E-state index in [1.165, 1.54) is 23.1 Å². The lowest BCUT2D eigenvalue weighted by atomic mass is 10.1. The lowest BCUT2D eigenvalue weighted by Gasteiger charge is -2.23. The van der Waals surface area contributed by atoms with Gasteiger partial charge in [-0.3, -0.25) is 9.59 Å². The maximum atomic E-state index is 12.4. The summed E-state index contributed by atoms with van der Waals surface area (Å²) in [7, 11) is 0. The van der Waals surface area contributed by atoms with Gasteiger partial charge in [0.05, 0.1) is 6.42 Å². The number of aliphatic carboxylic acids is 1. The van der Waals surface area contributed by atoms with E-state index in [-0.39, 0.29) is 42.5 Å². The Kier molecular flexibility index (Phi) is 5.69. The maximum absolute atomic E-state index is 12.4. The summed E-state index contributed by atoms with van der Waals surface area (Å²) in [5.41, 5.74) is 0.289. The molecule has 2 rings (SSSR count). The van der Waals surface area contributed by atoms with Crippen molar-refractivity contribution in [2.75, 3.05) is 6.54 Å². The van der Waals surface area contributed by atoms with E-state index in [0.29, 0.717) is 13.0 Å². The van der Waals surface area contributed by atoms with E-state index in [0.717, 1.165) is 6.42 Å². The molecule has 1 aromatic carbocycles. The van der Waals surface area contributed by atoms with Crippen molar-refractivity contribution >= 4 is 11.9 Å². The van der Waals surface area contributed by atoms with Gasteiger partial charge >= 0.3 is 12.3 Å². The van der Waals surface area contributed by atoms with Crippen molar-refractivity contribution in [3.8, 4) is 5.75 Å². The van der Waals surface area contributed by atoms with E-state index in [1.807, 2.05) is 0 Å². The fourth-order valence-electron chi connectivity index (χ4n) is 2.90. The Hall–Kier alpha value is -2.25. The Morgan fingerprint density at radius 3 is 2.67 bits per heavy atom. The number of carboxylic acids is 1. The summed E-state index contributed by atoms with van der Waals surface area (Å²) in [5.74, 6) is -1.54. The topological polar surface area (TPSA) is 66.8 Å². The number of ether oxygens (including phenoxy) is 1. The lowest BCUT2D eigenvalue weighted by molar-refractivity contribution is -0.274. The number of rotatable bonds is 6. The first-order chi connectivity index (χ1) is 11.3. The first-order valence-corrected chi connectivity index (χ1v) is 7.61. The summed E-state index contributed by atoms with van der Waals surface area (Å²) in [5, 5.41) is 8.86. The molecule has 0 spiro atoms. The Balaban J connectivity index is 1.98. The van der Waals surface area contributed by atoms with Crippen LogP contribution in [0.3, 0.4) is 0 Å². The highest BCUT2D eigenvalue weighted by Gasteiger charge is 2.33. The third kappa shape index (κ3) is 5.14. The van der Waals surface area contributed by atoms with Gasteiger partial charge in [0.2, 0.25) is 5.91 Å². The predicted octanol–water partition coefficient (Wildman–Crippen LogP) is 2.98. The highest BCUT2D eigenvalue weighted by molar-refractivity contribution is 5.78. The molecular weight excluding hydrogens is 327 g/mol. The summed E-state index contributed by atoms with van der Waals surface area (Å²) >= 11 is 0. The molecule has 1 unspecified atom stereocenters. The second-order valence-corrected chi connectivity index (χ2v) is 5.64. The molecule has 1 aromatic rings. The molecule has 1 atom stereocenters. The number of halogens is 3. The Bertz CT molecular complexity index is 603. The monoisotopic (exact) mass is 345 g/mol. The zero-order valence-corrected chi connectivity index (χ0v) is 12.9. The van der Waals surface area contributed by atoms with Crippen LogP contribution in [0.2, 0.25) is 0 Å². The zero-order valence-electron chi connectivity index (χ0n) is 12.9. The van der Waals surface area contributed by atoms with Crippen molar-refractivity contribution in [3.05, 3.63) is 29.8 Å². The molecule has 1 N–H and O–H groups in total. The number of carboxylic acid groups (broad SMARTS) is 1.